The molecule has 5 nitrogen and oxygen atoms in total. The van der Waals surface area contributed by atoms with Gasteiger partial charge in [-0.3, -0.25) is 0 Å². The lowest BCUT2D eigenvalue weighted by atomic mass is 9.34. The molecule has 9 atom stereocenters. The molecule has 5 aliphatic carbocycles. The Kier molecular flexibility index (Phi) is 6.52. The Morgan fingerprint density at radius 2 is 1.57 bits per heavy atom. The van der Waals surface area contributed by atoms with E-state index in [2.05, 4.69) is 71.7 Å². The van der Waals surface area contributed by atoms with Crippen molar-refractivity contribution in [2.24, 2.45) is 44.8 Å². The maximum absolute atomic E-state index is 13.6. The highest BCUT2D eigenvalue weighted by atomic mass is 16.7. The van der Waals surface area contributed by atoms with Gasteiger partial charge in [0.25, 0.3) is 0 Å². The number of ether oxygens (including phenoxy) is 2. The van der Waals surface area contributed by atoms with Crippen LogP contribution in [0.1, 0.15) is 132 Å². The summed E-state index contributed by atoms with van der Waals surface area (Å²) in [4.78, 5) is 15.7. The number of allylic oxidation sites excluding steroid dienone is 1. The second kappa shape index (κ2) is 9.24. The van der Waals surface area contributed by atoms with E-state index < -0.39 is 5.79 Å². The molecule has 2 aliphatic heterocycles. The first-order valence-corrected chi connectivity index (χ1v) is 17.7. The van der Waals surface area contributed by atoms with Gasteiger partial charge in [-0.2, -0.15) is 0 Å². The van der Waals surface area contributed by atoms with Crippen LogP contribution in [0.15, 0.2) is 11.6 Å². The third-order valence-corrected chi connectivity index (χ3v) is 15.3. The monoisotopic (exact) mass is 580 g/mol. The SMILES string of the molecule is CC1(C)CC[C@]2(NC(=O)N3CCCC3)CC[C@]3(C)C(=CC[C@@H]4[C@@]5(C)CC[C@@H]6OC(C)(C)OC[C@@]6(C)[C@@H]5CC[C@]43C)[C@@H]2C1. The molecule has 0 aromatic heterocycles. The average Bonchev–Trinajstić information content (AvgIpc) is 3.46. The van der Waals surface area contributed by atoms with E-state index in [9.17, 15) is 4.79 Å². The second-order valence-electron chi connectivity index (χ2n) is 18.3. The molecule has 0 unspecified atom stereocenters. The Balaban J connectivity index is 1.23. The molecular weight excluding hydrogens is 520 g/mol. The topological polar surface area (TPSA) is 50.8 Å². The molecule has 236 valence electrons. The molecule has 4 saturated carbocycles. The highest BCUT2D eigenvalue weighted by Crippen LogP contribution is 2.75. The van der Waals surface area contributed by atoms with Crippen molar-refractivity contribution in [1.29, 1.82) is 0 Å². The van der Waals surface area contributed by atoms with Gasteiger partial charge in [-0.15, -0.1) is 0 Å². The number of nitrogens with zero attached hydrogens (tertiary/aromatic N) is 1. The second-order valence-corrected chi connectivity index (χ2v) is 18.3. The number of amides is 2. The van der Waals surface area contributed by atoms with Crippen LogP contribution < -0.4 is 5.32 Å². The van der Waals surface area contributed by atoms with Gasteiger partial charge in [0.15, 0.2) is 5.79 Å². The van der Waals surface area contributed by atoms with E-state index in [0.717, 1.165) is 51.8 Å². The summed E-state index contributed by atoms with van der Waals surface area (Å²) >= 11 is 0. The summed E-state index contributed by atoms with van der Waals surface area (Å²) < 4.78 is 13.0. The number of rotatable bonds is 1. The van der Waals surface area contributed by atoms with Crippen molar-refractivity contribution < 1.29 is 14.3 Å². The molecule has 0 aromatic carbocycles. The molecule has 0 aromatic rings. The van der Waals surface area contributed by atoms with Gasteiger partial charge in [-0.05, 0) is 124 Å². The predicted octanol–water partition coefficient (Wildman–Crippen LogP) is 8.48. The Hall–Kier alpha value is -1.07. The van der Waals surface area contributed by atoms with Crippen molar-refractivity contribution in [3.05, 3.63) is 11.6 Å². The number of carbonyl (C=O) groups is 1. The number of likely N-dealkylation sites (tertiary alicyclic amines) is 1. The third kappa shape index (κ3) is 4.03. The number of urea groups is 1. The van der Waals surface area contributed by atoms with E-state index in [0.29, 0.717) is 34.7 Å². The molecule has 0 bridgehead atoms. The van der Waals surface area contributed by atoms with Crippen LogP contribution in [-0.4, -0.2) is 48.1 Å². The minimum Gasteiger partial charge on any atom is -0.350 e. The summed E-state index contributed by atoms with van der Waals surface area (Å²) in [6, 6.07) is 0.208. The Morgan fingerprint density at radius 1 is 0.857 bits per heavy atom. The fourth-order valence-corrected chi connectivity index (χ4v) is 12.6. The summed E-state index contributed by atoms with van der Waals surface area (Å²) in [5.41, 5.74) is 2.78. The summed E-state index contributed by atoms with van der Waals surface area (Å²) in [6.45, 7) is 22.3. The molecule has 7 rings (SSSR count). The van der Waals surface area contributed by atoms with E-state index in [-0.39, 0.29) is 27.8 Å². The van der Waals surface area contributed by atoms with Crippen molar-refractivity contribution in [3.63, 3.8) is 0 Å². The van der Waals surface area contributed by atoms with E-state index in [1.807, 2.05) is 0 Å². The zero-order chi connectivity index (χ0) is 30.0. The van der Waals surface area contributed by atoms with E-state index in [4.69, 9.17) is 9.47 Å². The van der Waals surface area contributed by atoms with Crippen molar-refractivity contribution >= 4 is 6.03 Å². The zero-order valence-electron chi connectivity index (χ0n) is 28.2. The van der Waals surface area contributed by atoms with Crippen molar-refractivity contribution in [1.82, 2.24) is 10.2 Å². The first-order chi connectivity index (χ1) is 19.6. The normalized spacial score (nSPS) is 50.8. The fraction of sp³-hybridized carbons (Fsp3) is 0.919. The van der Waals surface area contributed by atoms with Crippen LogP contribution in [0.5, 0.6) is 0 Å². The Labute approximate surface area is 256 Å². The van der Waals surface area contributed by atoms with Gasteiger partial charge >= 0.3 is 6.03 Å². The molecule has 5 heteroatoms. The summed E-state index contributed by atoms with van der Waals surface area (Å²) in [6.07, 6.45) is 17.4. The van der Waals surface area contributed by atoms with Crippen LogP contribution >= 0.6 is 0 Å². The van der Waals surface area contributed by atoms with Crippen LogP contribution in [0.2, 0.25) is 0 Å². The maximum Gasteiger partial charge on any atom is 0.317 e. The van der Waals surface area contributed by atoms with E-state index in [1.165, 1.54) is 44.9 Å². The Bertz CT molecular complexity index is 1160. The van der Waals surface area contributed by atoms with Gasteiger partial charge in [-0.25, -0.2) is 4.79 Å². The first-order valence-electron chi connectivity index (χ1n) is 17.7. The molecule has 42 heavy (non-hydrogen) atoms. The van der Waals surface area contributed by atoms with Gasteiger partial charge < -0.3 is 19.7 Å². The highest BCUT2D eigenvalue weighted by molar-refractivity contribution is 5.75. The van der Waals surface area contributed by atoms with Crippen LogP contribution in [0, 0.1) is 44.8 Å². The van der Waals surface area contributed by atoms with Crippen molar-refractivity contribution in [2.75, 3.05) is 19.7 Å². The zero-order valence-corrected chi connectivity index (χ0v) is 28.2. The fourth-order valence-electron chi connectivity index (χ4n) is 12.6. The van der Waals surface area contributed by atoms with Gasteiger partial charge in [0.1, 0.15) is 0 Å². The van der Waals surface area contributed by atoms with Gasteiger partial charge in [0, 0.05) is 30.0 Å². The van der Waals surface area contributed by atoms with E-state index in [1.54, 1.807) is 5.57 Å². The standard InChI is InChI=1S/C37H60N2O3/c1-31(2)17-19-37(38-30(40)39-21-9-10-22-39)20-18-35(7)25(26(37)23-31)11-12-28-33(5)15-14-29-34(6,24-41-32(3,4)42-29)27(33)13-16-36(28,35)8/h11,26-29H,9-10,12-24H2,1-8H3,(H,38,40)/t26-,27+,28+,29-,33-,34-,35+,36+,37-/m0/s1. The maximum atomic E-state index is 13.6. The summed E-state index contributed by atoms with van der Waals surface area (Å²) in [5.74, 6) is 1.29. The Morgan fingerprint density at radius 3 is 2.31 bits per heavy atom. The van der Waals surface area contributed by atoms with Crippen LogP contribution in [0.3, 0.4) is 0 Å². The highest BCUT2D eigenvalue weighted by Gasteiger charge is 2.70. The van der Waals surface area contributed by atoms with Gasteiger partial charge in [0.2, 0.25) is 0 Å². The number of nitrogens with one attached hydrogen (secondary N) is 1. The largest absolute Gasteiger partial charge is 0.350 e. The van der Waals surface area contributed by atoms with Gasteiger partial charge in [-0.1, -0.05) is 53.2 Å². The van der Waals surface area contributed by atoms with Crippen LogP contribution in [0.4, 0.5) is 4.79 Å². The molecule has 2 amide bonds. The molecular formula is C37H60N2O3. The molecule has 2 saturated heterocycles. The predicted molar refractivity (Wildman–Crippen MR) is 168 cm³/mol. The number of hydrogen-bond donors (Lipinski definition) is 1. The lowest BCUT2D eigenvalue weighted by molar-refractivity contribution is -0.351. The average molecular weight is 581 g/mol. The molecule has 0 spiro atoms. The molecule has 1 N–H and O–H groups in total. The number of fused-ring (bicyclic) bond motifs is 9. The van der Waals surface area contributed by atoms with Gasteiger partial charge in [0.05, 0.1) is 12.7 Å². The minimum atomic E-state index is -0.469. The minimum absolute atomic E-state index is 0.0834. The van der Waals surface area contributed by atoms with Crippen molar-refractivity contribution in [2.45, 2.75) is 150 Å². The number of hydrogen-bond acceptors (Lipinski definition) is 3. The van der Waals surface area contributed by atoms with Crippen LogP contribution in [0.25, 0.3) is 0 Å². The van der Waals surface area contributed by atoms with Crippen molar-refractivity contribution in [3.8, 4) is 0 Å². The third-order valence-electron chi connectivity index (χ3n) is 15.3. The summed E-state index contributed by atoms with van der Waals surface area (Å²) in [5, 5.41) is 3.76. The van der Waals surface area contributed by atoms with E-state index >= 15 is 0 Å². The lowest BCUT2D eigenvalue weighted by Crippen LogP contribution is -2.69. The summed E-state index contributed by atoms with van der Waals surface area (Å²) in [7, 11) is 0. The molecule has 7 aliphatic rings. The quantitative estimate of drug-likeness (QED) is 0.317. The van der Waals surface area contributed by atoms with Crippen LogP contribution in [-0.2, 0) is 9.47 Å². The molecule has 6 fully saturated rings. The molecule has 0 radical (unpaired) electrons. The smallest absolute Gasteiger partial charge is 0.317 e. The number of carbonyl (C=O) groups excluding carboxylic acids is 1. The first kappa shape index (κ1) is 29.6. The lowest BCUT2D eigenvalue weighted by Gasteiger charge is -2.72. The molecule has 2 heterocycles.